The van der Waals surface area contributed by atoms with Crippen LogP contribution in [0.2, 0.25) is 0 Å². The summed E-state index contributed by atoms with van der Waals surface area (Å²) in [4.78, 5) is 28.1. The first kappa shape index (κ1) is 25.3. The maximum atomic E-state index is 13.0. The summed E-state index contributed by atoms with van der Waals surface area (Å²) < 4.78 is 30.7. The van der Waals surface area contributed by atoms with Gasteiger partial charge in [0, 0.05) is 50.7 Å². The molecule has 0 radical (unpaired) electrons. The molecule has 0 N–H and O–H groups in total. The third-order valence-electron chi connectivity index (χ3n) is 5.76. The Bertz CT molecular complexity index is 1070. The zero-order valence-electron chi connectivity index (χ0n) is 20.2. The number of hydrogen-bond acceptors (Lipinski definition) is 7. The summed E-state index contributed by atoms with van der Waals surface area (Å²) in [5.74, 6) is 1.07. The Morgan fingerprint density at radius 3 is 2.48 bits per heavy atom. The smallest absolute Gasteiger partial charge is 0.274 e. The van der Waals surface area contributed by atoms with Crippen molar-refractivity contribution in [1.29, 1.82) is 0 Å². The van der Waals surface area contributed by atoms with Crippen molar-refractivity contribution in [2.24, 2.45) is 5.92 Å². The molecule has 2 aromatic rings. The van der Waals surface area contributed by atoms with Crippen LogP contribution in [-0.4, -0.2) is 77.1 Å². The van der Waals surface area contributed by atoms with Gasteiger partial charge in [-0.2, -0.15) is 0 Å². The van der Waals surface area contributed by atoms with Gasteiger partial charge in [0.25, 0.3) is 5.91 Å². The molecule has 0 aliphatic carbocycles. The zero-order chi connectivity index (χ0) is 24.2. The van der Waals surface area contributed by atoms with Crippen LogP contribution in [0.15, 0.2) is 18.6 Å². The molecule has 0 bridgehead atoms. The van der Waals surface area contributed by atoms with E-state index in [1.807, 2.05) is 13.1 Å². The van der Waals surface area contributed by atoms with Gasteiger partial charge >= 0.3 is 0 Å². The lowest BCUT2D eigenvalue weighted by molar-refractivity contribution is 0.0607. The van der Waals surface area contributed by atoms with E-state index in [-0.39, 0.29) is 29.3 Å². The SMILES string of the molecule is CCN(CCS(C)(=O)=O)C(=O)c1cncc(-c2cn(CC3CCOCC3)c(C(C)(C)C)n2)n1. The number of nitrogens with zero attached hydrogens (tertiary/aromatic N) is 5. The molecule has 1 fully saturated rings. The summed E-state index contributed by atoms with van der Waals surface area (Å²) in [7, 11) is -3.18. The van der Waals surface area contributed by atoms with Crippen molar-refractivity contribution in [2.45, 2.75) is 52.5 Å². The van der Waals surface area contributed by atoms with E-state index in [9.17, 15) is 13.2 Å². The van der Waals surface area contributed by atoms with Crippen molar-refractivity contribution in [3.8, 4) is 11.4 Å². The highest BCUT2D eigenvalue weighted by Gasteiger charge is 2.26. The van der Waals surface area contributed by atoms with E-state index in [1.54, 1.807) is 6.20 Å². The Kier molecular flexibility index (Phi) is 7.89. The molecular formula is C23H35N5O4S. The number of sulfone groups is 1. The topological polar surface area (TPSA) is 107 Å². The first-order valence-electron chi connectivity index (χ1n) is 11.4. The normalized spacial score (nSPS) is 15.5. The van der Waals surface area contributed by atoms with Gasteiger partial charge in [-0.15, -0.1) is 0 Å². The summed E-state index contributed by atoms with van der Waals surface area (Å²) in [5, 5.41) is 0. The van der Waals surface area contributed by atoms with Crippen LogP contribution < -0.4 is 0 Å². The number of rotatable bonds is 8. The van der Waals surface area contributed by atoms with Crippen LogP contribution in [0, 0.1) is 5.92 Å². The molecule has 33 heavy (non-hydrogen) atoms. The van der Waals surface area contributed by atoms with E-state index in [4.69, 9.17) is 9.72 Å². The van der Waals surface area contributed by atoms with E-state index < -0.39 is 9.84 Å². The largest absolute Gasteiger partial charge is 0.381 e. The van der Waals surface area contributed by atoms with Crippen LogP contribution in [0.5, 0.6) is 0 Å². The van der Waals surface area contributed by atoms with Gasteiger partial charge in [0.2, 0.25) is 0 Å². The number of amides is 1. The van der Waals surface area contributed by atoms with E-state index in [0.717, 1.165) is 44.7 Å². The third-order valence-corrected chi connectivity index (χ3v) is 6.68. The van der Waals surface area contributed by atoms with Crippen molar-refractivity contribution in [3.05, 3.63) is 30.1 Å². The second kappa shape index (κ2) is 10.3. The van der Waals surface area contributed by atoms with E-state index in [0.29, 0.717) is 23.9 Å². The number of ether oxygens (including phenoxy) is 1. The monoisotopic (exact) mass is 477 g/mol. The van der Waals surface area contributed by atoms with Crippen molar-refractivity contribution in [1.82, 2.24) is 24.4 Å². The van der Waals surface area contributed by atoms with Crippen LogP contribution in [0.25, 0.3) is 11.4 Å². The van der Waals surface area contributed by atoms with Gasteiger partial charge in [-0.1, -0.05) is 20.8 Å². The zero-order valence-corrected chi connectivity index (χ0v) is 21.1. The third kappa shape index (κ3) is 6.83. The molecule has 10 heteroatoms. The molecule has 0 atom stereocenters. The van der Waals surface area contributed by atoms with Crippen LogP contribution in [0.3, 0.4) is 0 Å². The maximum absolute atomic E-state index is 13.0. The first-order chi connectivity index (χ1) is 15.5. The van der Waals surface area contributed by atoms with Gasteiger partial charge in [-0.25, -0.2) is 18.4 Å². The summed E-state index contributed by atoms with van der Waals surface area (Å²) in [6.07, 6.45) is 8.24. The number of carbonyl (C=O) groups is 1. The molecule has 0 saturated carbocycles. The van der Waals surface area contributed by atoms with Gasteiger partial charge in [0.05, 0.1) is 18.1 Å². The number of carbonyl (C=O) groups excluding carboxylic acids is 1. The predicted octanol–water partition coefficient (Wildman–Crippen LogP) is 2.57. The Balaban J connectivity index is 1.87. The molecule has 1 aliphatic rings. The molecule has 0 unspecified atom stereocenters. The van der Waals surface area contributed by atoms with Crippen LogP contribution in [-0.2, 0) is 26.5 Å². The maximum Gasteiger partial charge on any atom is 0.274 e. The fourth-order valence-corrected chi connectivity index (χ4v) is 4.47. The molecular weight excluding hydrogens is 442 g/mol. The molecule has 1 aliphatic heterocycles. The molecule has 182 valence electrons. The van der Waals surface area contributed by atoms with Gasteiger partial charge in [-0.3, -0.25) is 9.78 Å². The summed E-state index contributed by atoms with van der Waals surface area (Å²) in [6, 6.07) is 0. The van der Waals surface area contributed by atoms with Crippen LogP contribution >= 0.6 is 0 Å². The molecule has 9 nitrogen and oxygen atoms in total. The quantitative estimate of drug-likeness (QED) is 0.575. The van der Waals surface area contributed by atoms with Crippen LogP contribution in [0.1, 0.15) is 56.8 Å². The second-order valence-electron chi connectivity index (χ2n) is 9.71. The highest BCUT2D eigenvalue weighted by atomic mass is 32.2. The fourth-order valence-electron chi connectivity index (χ4n) is 3.92. The lowest BCUT2D eigenvalue weighted by atomic mass is 9.94. The van der Waals surface area contributed by atoms with Crippen molar-refractivity contribution in [3.63, 3.8) is 0 Å². The standard InChI is InChI=1S/C23H35N5O4S/c1-6-27(9-12-33(5,30)31)21(29)19-14-24-13-18(25-19)20-16-28(22(26-20)23(2,3)4)15-17-7-10-32-11-8-17/h13-14,16-17H,6-12,15H2,1-5H3. The van der Waals surface area contributed by atoms with Gasteiger partial charge < -0.3 is 14.2 Å². The van der Waals surface area contributed by atoms with Crippen LogP contribution in [0.4, 0.5) is 0 Å². The van der Waals surface area contributed by atoms with Crippen molar-refractivity contribution in [2.75, 3.05) is 38.3 Å². The summed E-state index contributed by atoms with van der Waals surface area (Å²) in [5.41, 5.74) is 1.22. The first-order valence-corrected chi connectivity index (χ1v) is 13.5. The fraction of sp³-hybridized carbons (Fsp3) is 0.652. The summed E-state index contributed by atoms with van der Waals surface area (Å²) >= 11 is 0. The highest BCUT2D eigenvalue weighted by Crippen LogP contribution is 2.28. The average molecular weight is 478 g/mol. The molecule has 3 heterocycles. The minimum absolute atomic E-state index is 0.0920. The van der Waals surface area contributed by atoms with Crippen molar-refractivity contribution < 1.29 is 17.9 Å². The lowest BCUT2D eigenvalue weighted by Gasteiger charge is -2.25. The minimum atomic E-state index is -3.18. The molecule has 0 aromatic carbocycles. The Morgan fingerprint density at radius 2 is 1.88 bits per heavy atom. The average Bonchev–Trinajstić information content (AvgIpc) is 3.18. The molecule has 1 saturated heterocycles. The minimum Gasteiger partial charge on any atom is -0.381 e. The van der Waals surface area contributed by atoms with Gasteiger partial charge in [0.1, 0.15) is 32.7 Å². The molecule has 1 amide bonds. The second-order valence-corrected chi connectivity index (χ2v) is 12.0. The Hall–Kier alpha value is -2.33. The van der Waals surface area contributed by atoms with E-state index in [2.05, 4.69) is 35.3 Å². The lowest BCUT2D eigenvalue weighted by Crippen LogP contribution is -2.35. The molecule has 3 rings (SSSR count). The predicted molar refractivity (Wildman–Crippen MR) is 127 cm³/mol. The highest BCUT2D eigenvalue weighted by molar-refractivity contribution is 7.90. The molecule has 0 spiro atoms. The van der Waals surface area contributed by atoms with Crippen molar-refractivity contribution >= 4 is 15.7 Å². The number of aromatic nitrogens is 4. The molecule has 2 aromatic heterocycles. The van der Waals surface area contributed by atoms with Gasteiger partial charge in [-0.05, 0) is 25.7 Å². The number of imidazole rings is 1. The summed E-state index contributed by atoms with van der Waals surface area (Å²) in [6.45, 7) is 11.2. The van der Waals surface area contributed by atoms with Gasteiger partial charge in [0.15, 0.2) is 0 Å². The number of hydrogen-bond donors (Lipinski definition) is 0. The Morgan fingerprint density at radius 1 is 1.18 bits per heavy atom. The van der Waals surface area contributed by atoms with E-state index >= 15 is 0 Å². The van der Waals surface area contributed by atoms with E-state index in [1.165, 1.54) is 11.1 Å². The Labute approximate surface area is 196 Å².